The number of hydrogen-bond donors (Lipinski definition) is 0. The molecule has 0 aliphatic rings. The molecule has 7 nitrogen and oxygen atoms in total. The minimum Gasteiger partial charge on any atom is -0.493 e. The maximum Gasteiger partial charge on any atom is 0.254 e. The van der Waals surface area contributed by atoms with Gasteiger partial charge < -0.3 is 14.4 Å². The molecule has 0 heterocycles. The maximum absolute atomic E-state index is 13.0. The van der Waals surface area contributed by atoms with Crippen molar-refractivity contribution in [2.45, 2.75) is 39.1 Å². The number of carbonyl (C=O) groups is 1. The first-order chi connectivity index (χ1) is 14.8. The molecule has 0 saturated heterocycles. The molecule has 0 aliphatic carbocycles. The average molecular weight is 449 g/mol. The minimum atomic E-state index is -3.55. The number of carbonyl (C=O) groups excluding carboxylic acids is 1. The van der Waals surface area contributed by atoms with Gasteiger partial charge in [0.05, 0.1) is 18.6 Å². The zero-order valence-electron chi connectivity index (χ0n) is 18.9. The summed E-state index contributed by atoms with van der Waals surface area (Å²) in [6, 6.07) is 11.7. The Morgan fingerprint density at radius 1 is 0.903 bits per heavy atom. The van der Waals surface area contributed by atoms with Gasteiger partial charge in [-0.3, -0.25) is 4.79 Å². The Hall–Kier alpha value is -2.58. The van der Waals surface area contributed by atoms with Crippen LogP contribution >= 0.6 is 0 Å². The quantitative estimate of drug-likeness (QED) is 0.523. The fourth-order valence-electron chi connectivity index (χ4n) is 3.30. The molecule has 0 saturated carbocycles. The summed E-state index contributed by atoms with van der Waals surface area (Å²) < 4.78 is 37.6. The second kappa shape index (κ2) is 11.2. The number of hydrogen-bond acceptors (Lipinski definition) is 5. The van der Waals surface area contributed by atoms with Crippen LogP contribution in [0.3, 0.4) is 0 Å². The fraction of sp³-hybridized carbons (Fsp3) is 0.435. The number of rotatable bonds is 11. The highest BCUT2D eigenvalue weighted by Crippen LogP contribution is 2.28. The first-order valence-electron chi connectivity index (χ1n) is 10.5. The Morgan fingerprint density at radius 3 is 2.06 bits per heavy atom. The molecule has 170 valence electrons. The van der Waals surface area contributed by atoms with Crippen LogP contribution in [0.1, 0.15) is 43.6 Å². The highest BCUT2D eigenvalue weighted by atomic mass is 32.2. The van der Waals surface area contributed by atoms with E-state index in [9.17, 15) is 13.2 Å². The summed E-state index contributed by atoms with van der Waals surface area (Å²) in [6.07, 6.45) is 0. The van der Waals surface area contributed by atoms with Gasteiger partial charge in [-0.25, -0.2) is 8.42 Å². The standard InChI is InChI=1S/C23H32N2O5S/c1-6-24(17-18-10-15-21(30-9-4)22(16-18)29-5)23(26)19-11-13-20(14-12-19)31(27,28)25(7-2)8-3/h10-16H,6-9,17H2,1-5H3. The molecule has 2 aromatic rings. The number of sulfonamides is 1. The number of amides is 1. The molecule has 8 heteroatoms. The third-order valence-electron chi connectivity index (χ3n) is 5.01. The lowest BCUT2D eigenvalue weighted by molar-refractivity contribution is 0.0752. The van der Waals surface area contributed by atoms with Crippen LogP contribution in [-0.4, -0.2) is 56.9 Å². The maximum atomic E-state index is 13.0. The third kappa shape index (κ3) is 5.77. The third-order valence-corrected chi connectivity index (χ3v) is 7.08. The van der Waals surface area contributed by atoms with Crippen molar-refractivity contribution in [3.63, 3.8) is 0 Å². The second-order valence-electron chi connectivity index (χ2n) is 6.85. The van der Waals surface area contributed by atoms with Gasteiger partial charge in [0.1, 0.15) is 0 Å². The Bertz CT molecular complexity index is 970. The minimum absolute atomic E-state index is 0.165. The molecule has 0 unspecified atom stereocenters. The summed E-state index contributed by atoms with van der Waals surface area (Å²) in [4.78, 5) is 14.9. The Labute approximate surface area is 185 Å². The highest BCUT2D eigenvalue weighted by Gasteiger charge is 2.22. The molecule has 0 atom stereocenters. The van der Waals surface area contributed by atoms with E-state index >= 15 is 0 Å². The molecular weight excluding hydrogens is 416 g/mol. The van der Waals surface area contributed by atoms with Crippen molar-refractivity contribution in [3.05, 3.63) is 53.6 Å². The van der Waals surface area contributed by atoms with E-state index in [0.29, 0.717) is 49.8 Å². The molecular formula is C23H32N2O5S. The monoisotopic (exact) mass is 448 g/mol. The van der Waals surface area contributed by atoms with Gasteiger partial charge in [0.2, 0.25) is 10.0 Å². The van der Waals surface area contributed by atoms with Gasteiger partial charge in [-0.2, -0.15) is 4.31 Å². The van der Waals surface area contributed by atoms with Crippen molar-refractivity contribution >= 4 is 15.9 Å². The lowest BCUT2D eigenvalue weighted by Crippen LogP contribution is -2.31. The van der Waals surface area contributed by atoms with E-state index in [0.717, 1.165) is 5.56 Å². The second-order valence-corrected chi connectivity index (χ2v) is 8.79. The van der Waals surface area contributed by atoms with Crippen molar-refractivity contribution in [2.75, 3.05) is 33.4 Å². The molecule has 0 radical (unpaired) electrons. The van der Waals surface area contributed by atoms with Gasteiger partial charge in [0.15, 0.2) is 11.5 Å². The zero-order chi connectivity index (χ0) is 23.0. The van der Waals surface area contributed by atoms with Gasteiger partial charge in [-0.05, 0) is 55.8 Å². The Balaban J connectivity index is 2.21. The number of nitrogens with zero attached hydrogens (tertiary/aromatic N) is 2. The summed E-state index contributed by atoms with van der Waals surface area (Å²) in [5.74, 6) is 1.11. The van der Waals surface area contributed by atoms with Crippen molar-refractivity contribution < 1.29 is 22.7 Å². The van der Waals surface area contributed by atoms with Crippen molar-refractivity contribution in [1.29, 1.82) is 0 Å². The lowest BCUT2D eigenvalue weighted by atomic mass is 10.1. The van der Waals surface area contributed by atoms with Crippen LogP contribution in [-0.2, 0) is 16.6 Å². The molecule has 31 heavy (non-hydrogen) atoms. The van der Waals surface area contributed by atoms with Crippen LogP contribution < -0.4 is 9.47 Å². The van der Waals surface area contributed by atoms with Gasteiger partial charge in [-0.1, -0.05) is 19.9 Å². The lowest BCUT2D eigenvalue weighted by Gasteiger charge is -2.22. The SMILES string of the molecule is CCOc1ccc(CN(CC)C(=O)c2ccc(S(=O)(=O)N(CC)CC)cc2)cc1OC. The van der Waals surface area contributed by atoms with E-state index in [-0.39, 0.29) is 10.8 Å². The number of benzene rings is 2. The van der Waals surface area contributed by atoms with E-state index in [4.69, 9.17) is 9.47 Å². The predicted octanol–water partition coefficient (Wildman–Crippen LogP) is 3.79. The van der Waals surface area contributed by atoms with Crippen molar-refractivity contribution in [1.82, 2.24) is 9.21 Å². The molecule has 0 bridgehead atoms. The van der Waals surface area contributed by atoms with Crippen LogP contribution in [0.2, 0.25) is 0 Å². The largest absolute Gasteiger partial charge is 0.493 e. The van der Waals surface area contributed by atoms with Gasteiger partial charge in [0.25, 0.3) is 5.91 Å². The normalized spacial score (nSPS) is 11.4. The summed E-state index contributed by atoms with van der Waals surface area (Å²) in [5.41, 5.74) is 1.36. The van der Waals surface area contributed by atoms with Gasteiger partial charge in [-0.15, -0.1) is 0 Å². The van der Waals surface area contributed by atoms with E-state index in [1.165, 1.54) is 16.4 Å². The van der Waals surface area contributed by atoms with E-state index in [1.807, 2.05) is 32.0 Å². The molecule has 1 amide bonds. The molecule has 2 aromatic carbocycles. The summed E-state index contributed by atoms with van der Waals surface area (Å²) in [5, 5.41) is 0. The molecule has 2 rings (SSSR count). The van der Waals surface area contributed by atoms with Crippen molar-refractivity contribution in [3.8, 4) is 11.5 Å². The van der Waals surface area contributed by atoms with Gasteiger partial charge >= 0.3 is 0 Å². The van der Waals surface area contributed by atoms with Crippen LogP contribution in [0, 0.1) is 0 Å². The van der Waals surface area contributed by atoms with Crippen LogP contribution in [0.4, 0.5) is 0 Å². The smallest absolute Gasteiger partial charge is 0.254 e. The predicted molar refractivity (Wildman–Crippen MR) is 121 cm³/mol. The van der Waals surface area contributed by atoms with Crippen LogP contribution in [0.15, 0.2) is 47.4 Å². The van der Waals surface area contributed by atoms with Crippen LogP contribution in [0.5, 0.6) is 11.5 Å². The Morgan fingerprint density at radius 2 is 1.55 bits per heavy atom. The molecule has 0 fully saturated rings. The highest BCUT2D eigenvalue weighted by molar-refractivity contribution is 7.89. The van der Waals surface area contributed by atoms with E-state index in [1.54, 1.807) is 38.0 Å². The first-order valence-corrected chi connectivity index (χ1v) is 11.9. The van der Waals surface area contributed by atoms with Gasteiger partial charge in [0, 0.05) is 31.7 Å². The molecule has 0 aliphatic heterocycles. The van der Waals surface area contributed by atoms with E-state index < -0.39 is 10.0 Å². The number of ether oxygens (including phenoxy) is 2. The van der Waals surface area contributed by atoms with Crippen LogP contribution in [0.25, 0.3) is 0 Å². The molecule has 0 aromatic heterocycles. The summed E-state index contributed by atoms with van der Waals surface area (Å²) in [7, 11) is -1.97. The number of methoxy groups -OCH3 is 1. The molecule has 0 N–H and O–H groups in total. The summed E-state index contributed by atoms with van der Waals surface area (Å²) >= 11 is 0. The average Bonchev–Trinajstić information content (AvgIpc) is 2.78. The van der Waals surface area contributed by atoms with E-state index in [2.05, 4.69) is 0 Å². The topological polar surface area (TPSA) is 76.2 Å². The first kappa shape index (κ1) is 24.7. The summed E-state index contributed by atoms with van der Waals surface area (Å²) in [6.45, 7) is 9.65. The molecule has 0 spiro atoms. The fourth-order valence-corrected chi connectivity index (χ4v) is 4.76. The zero-order valence-corrected chi connectivity index (χ0v) is 19.7. The Kier molecular flexibility index (Phi) is 8.88. The van der Waals surface area contributed by atoms with Crippen molar-refractivity contribution in [2.24, 2.45) is 0 Å².